The molecule has 0 aliphatic heterocycles. The zero-order chi connectivity index (χ0) is 22.0. The molecule has 2 aromatic heterocycles. The van der Waals surface area contributed by atoms with E-state index in [0.29, 0.717) is 17.1 Å². The molecule has 3 aromatic rings. The number of aryl methyl sites for hydroxylation is 4. The lowest BCUT2D eigenvalue weighted by atomic mass is 9.94. The molecule has 0 saturated carbocycles. The Balaban J connectivity index is 1.89. The second kappa shape index (κ2) is 8.52. The molecule has 30 heavy (non-hydrogen) atoms. The van der Waals surface area contributed by atoms with E-state index < -0.39 is 0 Å². The summed E-state index contributed by atoms with van der Waals surface area (Å²) >= 11 is 0. The van der Waals surface area contributed by atoms with E-state index in [-0.39, 0.29) is 23.8 Å². The van der Waals surface area contributed by atoms with Crippen LogP contribution in [0.25, 0.3) is 0 Å². The highest BCUT2D eigenvalue weighted by atomic mass is 16.2. The Morgan fingerprint density at radius 2 is 1.43 bits per heavy atom. The molecule has 2 N–H and O–H groups in total. The van der Waals surface area contributed by atoms with Gasteiger partial charge in [-0.2, -0.15) is 10.2 Å². The lowest BCUT2D eigenvalue weighted by molar-refractivity contribution is 0.0916. The Kier molecular flexibility index (Phi) is 6.05. The standard InChI is InChI=1S/C22H28N6O2/c1-13(2)20(24-22(30)19-12-15(4)26-28(19)6)16-9-7-8-10-17(16)23-21(29)18-11-14(3)25-27(18)5/h7-13,20H,1-6H3,(H,23,29)(H,24,30)/t20-/m1/s1. The van der Waals surface area contributed by atoms with Crippen molar-refractivity contribution in [2.75, 3.05) is 5.32 Å². The Labute approximate surface area is 176 Å². The van der Waals surface area contributed by atoms with E-state index in [0.717, 1.165) is 17.0 Å². The van der Waals surface area contributed by atoms with Crippen LogP contribution < -0.4 is 10.6 Å². The monoisotopic (exact) mass is 408 g/mol. The van der Waals surface area contributed by atoms with Gasteiger partial charge in [-0.3, -0.25) is 19.0 Å². The van der Waals surface area contributed by atoms with Gasteiger partial charge in [0.25, 0.3) is 11.8 Å². The molecule has 2 heterocycles. The number of nitrogens with one attached hydrogen (secondary N) is 2. The Morgan fingerprint density at radius 3 is 1.93 bits per heavy atom. The van der Waals surface area contributed by atoms with Gasteiger partial charge in [0.15, 0.2) is 0 Å². The minimum absolute atomic E-state index is 0.0975. The number of benzene rings is 1. The van der Waals surface area contributed by atoms with Crippen LogP contribution in [0.2, 0.25) is 0 Å². The third kappa shape index (κ3) is 4.42. The number of para-hydroxylation sites is 1. The molecule has 1 atom stereocenters. The lowest BCUT2D eigenvalue weighted by Crippen LogP contribution is -2.33. The summed E-state index contributed by atoms with van der Waals surface area (Å²) in [6, 6.07) is 10.7. The van der Waals surface area contributed by atoms with E-state index in [1.807, 2.05) is 52.0 Å². The largest absolute Gasteiger partial charge is 0.344 e. The van der Waals surface area contributed by atoms with Crippen molar-refractivity contribution >= 4 is 17.5 Å². The number of anilines is 1. The molecule has 8 heteroatoms. The van der Waals surface area contributed by atoms with Crippen molar-refractivity contribution in [3.8, 4) is 0 Å². The minimum Gasteiger partial charge on any atom is -0.344 e. The fraction of sp³-hybridized carbons (Fsp3) is 0.364. The molecular weight excluding hydrogens is 380 g/mol. The van der Waals surface area contributed by atoms with Gasteiger partial charge in [0.05, 0.1) is 17.4 Å². The van der Waals surface area contributed by atoms with Gasteiger partial charge in [0, 0.05) is 19.8 Å². The zero-order valence-corrected chi connectivity index (χ0v) is 18.2. The maximum absolute atomic E-state index is 12.9. The number of hydrogen-bond acceptors (Lipinski definition) is 4. The number of carbonyl (C=O) groups is 2. The van der Waals surface area contributed by atoms with Gasteiger partial charge in [0.2, 0.25) is 0 Å². The highest BCUT2D eigenvalue weighted by molar-refractivity contribution is 6.03. The van der Waals surface area contributed by atoms with Gasteiger partial charge in [-0.05, 0) is 43.5 Å². The molecule has 0 spiro atoms. The molecule has 0 bridgehead atoms. The summed E-state index contributed by atoms with van der Waals surface area (Å²) in [5, 5.41) is 14.6. The first kappa shape index (κ1) is 21.3. The molecule has 1 aromatic carbocycles. The summed E-state index contributed by atoms with van der Waals surface area (Å²) < 4.78 is 3.13. The fourth-order valence-corrected chi connectivity index (χ4v) is 3.53. The predicted octanol–water partition coefficient (Wildman–Crippen LogP) is 3.15. The second-order valence-corrected chi connectivity index (χ2v) is 7.83. The number of hydrogen-bond donors (Lipinski definition) is 2. The first-order valence-electron chi connectivity index (χ1n) is 9.89. The normalized spacial score (nSPS) is 12.1. The van der Waals surface area contributed by atoms with Crippen LogP contribution in [0.1, 0.15) is 57.8 Å². The number of amides is 2. The Morgan fingerprint density at radius 1 is 0.900 bits per heavy atom. The van der Waals surface area contributed by atoms with E-state index in [1.54, 1.807) is 35.6 Å². The van der Waals surface area contributed by atoms with E-state index >= 15 is 0 Å². The summed E-state index contributed by atoms with van der Waals surface area (Å²) in [5.41, 5.74) is 4.01. The van der Waals surface area contributed by atoms with Gasteiger partial charge in [0.1, 0.15) is 11.4 Å². The smallest absolute Gasteiger partial charge is 0.273 e. The predicted molar refractivity (Wildman–Crippen MR) is 115 cm³/mol. The molecule has 0 saturated heterocycles. The molecule has 2 amide bonds. The van der Waals surface area contributed by atoms with Crippen molar-refractivity contribution in [1.29, 1.82) is 0 Å². The maximum Gasteiger partial charge on any atom is 0.273 e. The minimum atomic E-state index is -0.294. The van der Waals surface area contributed by atoms with Crippen LogP contribution in [0.5, 0.6) is 0 Å². The fourth-order valence-electron chi connectivity index (χ4n) is 3.53. The van der Waals surface area contributed by atoms with Gasteiger partial charge in [-0.25, -0.2) is 0 Å². The zero-order valence-electron chi connectivity index (χ0n) is 18.2. The molecule has 0 aliphatic rings. The molecule has 0 aliphatic carbocycles. The Bertz CT molecular complexity index is 1080. The maximum atomic E-state index is 12.9. The first-order valence-corrected chi connectivity index (χ1v) is 9.89. The van der Waals surface area contributed by atoms with Crippen molar-refractivity contribution < 1.29 is 9.59 Å². The van der Waals surface area contributed by atoms with Crippen LogP contribution in [0.4, 0.5) is 5.69 Å². The van der Waals surface area contributed by atoms with Crippen LogP contribution in [0.3, 0.4) is 0 Å². The SMILES string of the molecule is Cc1cc(C(=O)Nc2ccccc2[C@H](NC(=O)c2cc(C)nn2C)C(C)C)n(C)n1. The van der Waals surface area contributed by atoms with Gasteiger partial charge in [-0.15, -0.1) is 0 Å². The highest BCUT2D eigenvalue weighted by Crippen LogP contribution is 2.29. The summed E-state index contributed by atoms with van der Waals surface area (Å²) in [5.74, 6) is -0.359. The number of carbonyl (C=O) groups excluding carboxylic acids is 2. The summed E-state index contributed by atoms with van der Waals surface area (Å²) in [4.78, 5) is 25.7. The third-order valence-corrected chi connectivity index (χ3v) is 4.97. The number of nitrogens with zero attached hydrogens (tertiary/aromatic N) is 4. The van der Waals surface area contributed by atoms with Crippen LogP contribution in [-0.4, -0.2) is 31.4 Å². The summed E-state index contributed by atoms with van der Waals surface area (Å²) in [6.45, 7) is 7.75. The molecule has 158 valence electrons. The van der Waals surface area contributed by atoms with E-state index in [4.69, 9.17) is 0 Å². The Hall–Kier alpha value is -3.42. The van der Waals surface area contributed by atoms with Crippen LogP contribution in [0.15, 0.2) is 36.4 Å². The molecule has 0 unspecified atom stereocenters. The van der Waals surface area contributed by atoms with E-state index in [1.165, 1.54) is 0 Å². The number of rotatable bonds is 6. The molecule has 3 rings (SSSR count). The van der Waals surface area contributed by atoms with Gasteiger partial charge >= 0.3 is 0 Å². The van der Waals surface area contributed by atoms with Crippen LogP contribution >= 0.6 is 0 Å². The first-order chi connectivity index (χ1) is 14.2. The van der Waals surface area contributed by atoms with E-state index in [2.05, 4.69) is 20.8 Å². The number of aromatic nitrogens is 4. The second-order valence-electron chi connectivity index (χ2n) is 7.83. The van der Waals surface area contributed by atoms with Crippen molar-refractivity contribution in [1.82, 2.24) is 24.9 Å². The van der Waals surface area contributed by atoms with Crippen molar-refractivity contribution in [3.63, 3.8) is 0 Å². The van der Waals surface area contributed by atoms with Crippen molar-refractivity contribution in [3.05, 3.63) is 64.7 Å². The molecule has 8 nitrogen and oxygen atoms in total. The third-order valence-electron chi connectivity index (χ3n) is 4.97. The van der Waals surface area contributed by atoms with E-state index in [9.17, 15) is 9.59 Å². The quantitative estimate of drug-likeness (QED) is 0.655. The average molecular weight is 409 g/mol. The summed E-state index contributed by atoms with van der Waals surface area (Å²) in [7, 11) is 3.48. The lowest BCUT2D eigenvalue weighted by Gasteiger charge is -2.25. The molecular formula is C22H28N6O2. The van der Waals surface area contributed by atoms with Gasteiger partial charge < -0.3 is 10.6 Å². The summed E-state index contributed by atoms with van der Waals surface area (Å²) in [6.07, 6.45) is 0. The molecule has 0 radical (unpaired) electrons. The van der Waals surface area contributed by atoms with Gasteiger partial charge in [-0.1, -0.05) is 32.0 Å². The van der Waals surface area contributed by atoms with Crippen LogP contribution in [-0.2, 0) is 14.1 Å². The molecule has 0 fully saturated rings. The average Bonchev–Trinajstić information content (AvgIpc) is 3.20. The van der Waals surface area contributed by atoms with Crippen LogP contribution in [0, 0.1) is 19.8 Å². The highest BCUT2D eigenvalue weighted by Gasteiger charge is 2.24. The van der Waals surface area contributed by atoms with Crippen molar-refractivity contribution in [2.45, 2.75) is 33.7 Å². The van der Waals surface area contributed by atoms with Crippen molar-refractivity contribution in [2.24, 2.45) is 20.0 Å². The topological polar surface area (TPSA) is 93.8 Å².